The summed E-state index contributed by atoms with van der Waals surface area (Å²) in [5, 5.41) is 10.3. The fourth-order valence-electron chi connectivity index (χ4n) is 1.32. The highest BCUT2D eigenvalue weighted by Gasteiger charge is 2.21. The van der Waals surface area contributed by atoms with Crippen LogP contribution in [0.3, 0.4) is 0 Å². The minimum Gasteiger partial charge on any atom is -0.361 e. The molecule has 0 aliphatic carbocycles. The van der Waals surface area contributed by atoms with Crippen LogP contribution in [-0.4, -0.2) is 21.2 Å². The molecule has 0 atom stereocenters. The monoisotopic (exact) mass is 264 g/mol. The van der Waals surface area contributed by atoms with Gasteiger partial charge < -0.3 is 14.4 Å². The van der Waals surface area contributed by atoms with Crippen LogP contribution in [0.2, 0.25) is 0 Å². The Morgan fingerprint density at radius 3 is 2.63 bits per heavy atom. The largest absolute Gasteiger partial charge is 0.361 e. The number of nitrogens with one attached hydrogen (secondary N) is 1. The van der Waals surface area contributed by atoms with E-state index < -0.39 is 5.41 Å². The van der Waals surface area contributed by atoms with Crippen LogP contribution in [0.4, 0.5) is 0 Å². The van der Waals surface area contributed by atoms with Gasteiger partial charge in [0.1, 0.15) is 5.76 Å². The number of nitrogens with zero attached hydrogens (tertiary/aromatic N) is 3. The quantitative estimate of drug-likeness (QED) is 0.906. The van der Waals surface area contributed by atoms with E-state index in [1.165, 1.54) is 0 Å². The first-order valence-electron chi connectivity index (χ1n) is 5.91. The second-order valence-corrected chi connectivity index (χ2v) is 5.27. The third kappa shape index (κ3) is 3.18. The van der Waals surface area contributed by atoms with Crippen LogP contribution in [0.1, 0.15) is 32.4 Å². The minimum absolute atomic E-state index is 0.0791. The lowest BCUT2D eigenvalue weighted by molar-refractivity contribution is -0.128. The minimum atomic E-state index is -0.452. The highest BCUT2D eigenvalue weighted by Crippen LogP contribution is 2.16. The van der Waals surface area contributed by atoms with Crippen LogP contribution in [-0.2, 0) is 11.3 Å². The van der Waals surface area contributed by atoms with Crippen LogP contribution < -0.4 is 5.32 Å². The van der Waals surface area contributed by atoms with Crippen molar-refractivity contribution in [1.29, 1.82) is 0 Å². The van der Waals surface area contributed by atoms with Gasteiger partial charge in [-0.1, -0.05) is 31.1 Å². The van der Waals surface area contributed by atoms with Crippen molar-refractivity contribution in [2.45, 2.75) is 34.2 Å². The lowest BCUT2D eigenvalue weighted by Crippen LogP contribution is -2.34. The summed E-state index contributed by atoms with van der Waals surface area (Å²) in [6.07, 6.45) is 0. The Hall–Kier alpha value is -2.18. The predicted octanol–water partition coefficient (Wildman–Crippen LogP) is 1.70. The van der Waals surface area contributed by atoms with E-state index in [1.54, 1.807) is 13.0 Å². The molecule has 0 saturated heterocycles. The molecule has 2 aromatic heterocycles. The summed E-state index contributed by atoms with van der Waals surface area (Å²) in [5.74, 6) is 1.26. The van der Waals surface area contributed by atoms with Crippen LogP contribution in [0.25, 0.3) is 11.5 Å². The zero-order valence-corrected chi connectivity index (χ0v) is 11.4. The van der Waals surface area contributed by atoms with Gasteiger partial charge in [-0.25, -0.2) is 0 Å². The molecular weight excluding hydrogens is 248 g/mol. The summed E-state index contributed by atoms with van der Waals surface area (Å²) in [6, 6.07) is 1.71. The molecule has 0 fully saturated rings. The summed E-state index contributed by atoms with van der Waals surface area (Å²) in [5.41, 5.74) is 0.0566. The van der Waals surface area contributed by atoms with Crippen LogP contribution in [0.15, 0.2) is 15.1 Å². The van der Waals surface area contributed by atoms with Crippen molar-refractivity contribution < 1.29 is 13.8 Å². The van der Waals surface area contributed by atoms with Gasteiger partial charge in [0.15, 0.2) is 5.69 Å². The summed E-state index contributed by atoms with van der Waals surface area (Å²) < 4.78 is 9.96. The normalized spacial score (nSPS) is 11.6. The van der Waals surface area contributed by atoms with Crippen molar-refractivity contribution >= 4 is 5.91 Å². The maximum Gasteiger partial charge on any atom is 0.246 e. The lowest BCUT2D eigenvalue weighted by Gasteiger charge is -2.16. The molecule has 0 unspecified atom stereocenters. The number of aromatic nitrogens is 3. The van der Waals surface area contributed by atoms with Crippen molar-refractivity contribution in [3.05, 3.63) is 17.7 Å². The molecule has 1 N–H and O–H groups in total. The number of amides is 1. The molecule has 2 heterocycles. The molecule has 102 valence electrons. The Morgan fingerprint density at radius 1 is 1.32 bits per heavy atom. The van der Waals surface area contributed by atoms with E-state index in [0.717, 1.165) is 0 Å². The average Bonchev–Trinajstić information content (AvgIpc) is 2.93. The summed E-state index contributed by atoms with van der Waals surface area (Å²) in [4.78, 5) is 15.8. The Bertz CT molecular complexity index is 580. The van der Waals surface area contributed by atoms with Crippen LogP contribution in [0, 0.1) is 12.3 Å². The molecule has 0 saturated carbocycles. The van der Waals surface area contributed by atoms with Gasteiger partial charge in [0, 0.05) is 11.5 Å². The molecular formula is C12H16N4O3. The fourth-order valence-corrected chi connectivity index (χ4v) is 1.32. The Labute approximate surface area is 110 Å². The molecule has 2 rings (SSSR count). The van der Waals surface area contributed by atoms with Gasteiger partial charge in [-0.2, -0.15) is 4.98 Å². The summed E-state index contributed by atoms with van der Waals surface area (Å²) >= 11 is 0. The molecule has 1 amide bonds. The highest BCUT2D eigenvalue weighted by molar-refractivity contribution is 5.81. The first kappa shape index (κ1) is 13.3. The van der Waals surface area contributed by atoms with E-state index in [9.17, 15) is 4.79 Å². The number of aryl methyl sites for hydroxylation is 1. The van der Waals surface area contributed by atoms with Gasteiger partial charge in [0.25, 0.3) is 0 Å². The SMILES string of the molecule is Cc1cc(-c2noc(CNC(=O)C(C)(C)C)n2)no1. The van der Waals surface area contributed by atoms with E-state index >= 15 is 0 Å². The number of hydrogen-bond acceptors (Lipinski definition) is 6. The molecule has 0 aliphatic rings. The standard InChI is InChI=1S/C12H16N4O3/c1-7-5-8(15-18-7)10-14-9(19-16-10)6-13-11(17)12(2,3)4/h5H,6H2,1-4H3,(H,13,17). The molecule has 7 heteroatoms. The first-order chi connectivity index (χ1) is 8.86. The third-order valence-electron chi connectivity index (χ3n) is 2.41. The van der Waals surface area contributed by atoms with Gasteiger partial charge in [-0.05, 0) is 6.92 Å². The van der Waals surface area contributed by atoms with E-state index in [-0.39, 0.29) is 12.5 Å². The first-order valence-corrected chi connectivity index (χ1v) is 5.91. The van der Waals surface area contributed by atoms with E-state index in [4.69, 9.17) is 9.05 Å². The smallest absolute Gasteiger partial charge is 0.246 e. The molecule has 0 radical (unpaired) electrons. The molecule has 0 aromatic carbocycles. The lowest BCUT2D eigenvalue weighted by atomic mass is 9.96. The second kappa shape index (κ2) is 4.83. The zero-order chi connectivity index (χ0) is 14.0. The number of hydrogen-bond donors (Lipinski definition) is 1. The molecule has 0 bridgehead atoms. The van der Waals surface area contributed by atoms with E-state index in [0.29, 0.717) is 23.2 Å². The molecule has 0 aliphatic heterocycles. The van der Waals surface area contributed by atoms with Crippen molar-refractivity contribution in [2.75, 3.05) is 0 Å². The number of carbonyl (C=O) groups excluding carboxylic acids is 1. The van der Waals surface area contributed by atoms with Gasteiger partial charge in [0.05, 0.1) is 6.54 Å². The zero-order valence-electron chi connectivity index (χ0n) is 11.4. The number of carbonyl (C=O) groups is 1. The Balaban J connectivity index is 2.00. The molecule has 0 spiro atoms. The van der Waals surface area contributed by atoms with Crippen molar-refractivity contribution in [1.82, 2.24) is 20.6 Å². The topological polar surface area (TPSA) is 94.1 Å². The van der Waals surface area contributed by atoms with Crippen LogP contribution >= 0.6 is 0 Å². The van der Waals surface area contributed by atoms with Crippen LogP contribution in [0.5, 0.6) is 0 Å². The maximum atomic E-state index is 11.7. The van der Waals surface area contributed by atoms with Gasteiger partial charge >= 0.3 is 0 Å². The number of rotatable bonds is 3. The van der Waals surface area contributed by atoms with Gasteiger partial charge in [0.2, 0.25) is 17.6 Å². The van der Waals surface area contributed by atoms with Gasteiger partial charge in [-0.3, -0.25) is 4.79 Å². The van der Waals surface area contributed by atoms with Crippen molar-refractivity contribution in [3.8, 4) is 11.5 Å². The van der Waals surface area contributed by atoms with Gasteiger partial charge in [-0.15, -0.1) is 0 Å². The van der Waals surface area contributed by atoms with E-state index in [1.807, 2.05) is 20.8 Å². The predicted molar refractivity (Wildman–Crippen MR) is 65.8 cm³/mol. The fraction of sp³-hybridized carbons (Fsp3) is 0.500. The Kier molecular flexibility index (Phi) is 3.37. The highest BCUT2D eigenvalue weighted by atomic mass is 16.5. The second-order valence-electron chi connectivity index (χ2n) is 5.27. The Morgan fingerprint density at radius 2 is 2.05 bits per heavy atom. The summed E-state index contributed by atoms with van der Waals surface area (Å²) in [6.45, 7) is 7.47. The van der Waals surface area contributed by atoms with Crippen molar-refractivity contribution in [3.63, 3.8) is 0 Å². The average molecular weight is 264 g/mol. The van der Waals surface area contributed by atoms with E-state index in [2.05, 4.69) is 20.6 Å². The maximum absolute atomic E-state index is 11.7. The van der Waals surface area contributed by atoms with Crippen molar-refractivity contribution in [2.24, 2.45) is 5.41 Å². The summed E-state index contributed by atoms with van der Waals surface area (Å²) in [7, 11) is 0. The third-order valence-corrected chi connectivity index (χ3v) is 2.41. The molecule has 7 nitrogen and oxygen atoms in total. The molecule has 19 heavy (non-hydrogen) atoms. The molecule has 2 aromatic rings.